The van der Waals surface area contributed by atoms with Gasteiger partial charge in [0.15, 0.2) is 0 Å². The first-order valence-corrected chi connectivity index (χ1v) is 7.31. The van der Waals surface area contributed by atoms with Crippen LogP contribution in [-0.4, -0.2) is 53.3 Å². The van der Waals surface area contributed by atoms with Crippen molar-refractivity contribution in [3.05, 3.63) is 11.9 Å². The summed E-state index contributed by atoms with van der Waals surface area (Å²) in [7, 11) is -4.67. The molecule has 0 aromatic rings. The van der Waals surface area contributed by atoms with E-state index in [2.05, 4.69) is 14.5 Å². The number of rotatable bonds is 3. The number of hydroxylamine groups is 1. The lowest BCUT2D eigenvalue weighted by molar-refractivity contribution is -0.776. The lowest BCUT2D eigenvalue weighted by Crippen LogP contribution is -2.56. The van der Waals surface area contributed by atoms with Crippen LogP contribution in [-0.2, 0) is 14.7 Å². The minimum atomic E-state index is -4.67. The third-order valence-corrected chi connectivity index (χ3v) is 3.31. The van der Waals surface area contributed by atoms with E-state index in [-0.39, 0.29) is 11.3 Å². The highest BCUT2D eigenvalue weighted by Crippen LogP contribution is 2.14. The molecule has 0 aromatic carbocycles. The summed E-state index contributed by atoms with van der Waals surface area (Å²) in [5.41, 5.74) is 11.4. The summed E-state index contributed by atoms with van der Waals surface area (Å²) >= 11 is 0. The number of nitrogens with two attached hydrogens (primary N) is 2. The van der Waals surface area contributed by atoms with Gasteiger partial charge in [0.1, 0.15) is 5.82 Å². The third-order valence-electron chi connectivity index (χ3n) is 2.96. The largest absolute Gasteiger partial charge is 0.870 e. The van der Waals surface area contributed by atoms with Crippen molar-refractivity contribution in [1.29, 1.82) is 0 Å². The van der Waals surface area contributed by atoms with E-state index >= 15 is 0 Å². The van der Waals surface area contributed by atoms with Crippen LogP contribution >= 0.6 is 0 Å². The van der Waals surface area contributed by atoms with E-state index < -0.39 is 16.7 Å². The monoisotopic (exact) mass is 309 g/mol. The van der Waals surface area contributed by atoms with Gasteiger partial charge in [0.2, 0.25) is 0 Å². The number of nitrogens with zero attached hydrogens (tertiary/aromatic N) is 2. The van der Waals surface area contributed by atoms with Crippen LogP contribution in [0.3, 0.4) is 0 Å². The maximum Gasteiger partial charge on any atom is 0.481 e. The van der Waals surface area contributed by atoms with Crippen LogP contribution in [0.1, 0.15) is 19.3 Å². The highest BCUT2D eigenvalue weighted by molar-refractivity contribution is 7.80. The first kappa shape index (κ1) is 16.5. The molecule has 116 valence electrons. The van der Waals surface area contributed by atoms with Crippen molar-refractivity contribution in [1.82, 2.24) is 10.2 Å². The molecule has 0 amide bonds. The second-order valence-electron chi connectivity index (χ2n) is 4.42. The normalized spacial score (nSPS) is 23.6. The summed E-state index contributed by atoms with van der Waals surface area (Å²) in [6, 6.07) is 0. The summed E-state index contributed by atoms with van der Waals surface area (Å²) in [4.78, 5) is 2.08. The van der Waals surface area contributed by atoms with Gasteiger partial charge in [-0.15, -0.1) is 0 Å². The minimum Gasteiger partial charge on any atom is -0.870 e. The first-order chi connectivity index (χ1) is 8.87. The van der Waals surface area contributed by atoms with E-state index in [1.54, 1.807) is 0 Å². The van der Waals surface area contributed by atoms with Gasteiger partial charge in [0.05, 0.1) is 6.08 Å². The molecule has 2 aliphatic heterocycles. The summed E-state index contributed by atoms with van der Waals surface area (Å²) in [6.07, 6.45) is 3.88. The van der Waals surface area contributed by atoms with Crippen molar-refractivity contribution in [3.63, 3.8) is 0 Å². The van der Waals surface area contributed by atoms with Crippen LogP contribution in [0.2, 0.25) is 0 Å². The standard InChI is InChI=1S/C9H17N5O4S.H2O/c10-7-6-8(13-4-2-1-3-5-13)12-9(11)14(7)18-19(15,16)17;/h6,9H,1-5,11H2,(H3,10,12,15,16,17);1H2. The van der Waals surface area contributed by atoms with Gasteiger partial charge in [-0.05, 0) is 24.0 Å². The Balaban J connectivity index is 0.00000200. The van der Waals surface area contributed by atoms with Crippen LogP contribution < -0.4 is 16.8 Å². The van der Waals surface area contributed by atoms with Gasteiger partial charge in [0.25, 0.3) is 6.29 Å². The van der Waals surface area contributed by atoms with Crippen LogP contribution in [0.25, 0.3) is 0 Å². The Hall–Kier alpha value is -1.56. The third kappa shape index (κ3) is 3.96. The van der Waals surface area contributed by atoms with Crippen LogP contribution in [0.4, 0.5) is 0 Å². The Labute approximate surface area is 116 Å². The number of piperidine rings is 1. The smallest absolute Gasteiger partial charge is 0.481 e. The molecule has 2 rings (SSSR count). The molecule has 0 aromatic heterocycles. The van der Waals surface area contributed by atoms with E-state index in [4.69, 9.17) is 16.0 Å². The van der Waals surface area contributed by atoms with Crippen LogP contribution in [0, 0.1) is 0 Å². The zero-order chi connectivity index (χ0) is 14.0. The number of nitrogens with one attached hydrogen (secondary N) is 1. The average Bonchev–Trinajstić information content (AvgIpc) is 2.33. The van der Waals surface area contributed by atoms with Crippen molar-refractivity contribution in [2.24, 2.45) is 11.5 Å². The lowest BCUT2D eigenvalue weighted by atomic mass is 10.1. The molecule has 2 aliphatic rings. The maximum atomic E-state index is 10.7. The number of hydrogen-bond donors (Lipinski definition) is 4. The topological polar surface area (TPSA) is 164 Å². The van der Waals surface area contributed by atoms with Crippen molar-refractivity contribution in [2.75, 3.05) is 13.1 Å². The van der Waals surface area contributed by atoms with Gasteiger partial charge in [-0.3, -0.25) is 16.0 Å². The summed E-state index contributed by atoms with van der Waals surface area (Å²) in [5.74, 6) is 0.726. The molecule has 0 bridgehead atoms. The van der Waals surface area contributed by atoms with Crippen molar-refractivity contribution >= 4 is 16.2 Å². The molecule has 0 saturated carbocycles. The van der Waals surface area contributed by atoms with Gasteiger partial charge in [-0.25, -0.2) is 0 Å². The zero-order valence-corrected chi connectivity index (χ0v) is 11.6. The molecule has 10 nitrogen and oxygen atoms in total. The van der Waals surface area contributed by atoms with Crippen LogP contribution in [0.15, 0.2) is 11.9 Å². The zero-order valence-electron chi connectivity index (χ0n) is 10.8. The lowest BCUT2D eigenvalue weighted by Gasteiger charge is -2.33. The second-order valence-corrected chi connectivity index (χ2v) is 5.42. The fraction of sp³-hybridized carbons (Fsp3) is 0.667. The van der Waals surface area contributed by atoms with E-state index in [0.717, 1.165) is 31.8 Å². The Morgan fingerprint density at radius 1 is 1.40 bits per heavy atom. The molecule has 7 N–H and O–H groups in total. The van der Waals surface area contributed by atoms with Gasteiger partial charge >= 0.3 is 16.2 Å². The van der Waals surface area contributed by atoms with E-state index in [0.29, 0.717) is 4.74 Å². The maximum absolute atomic E-state index is 10.7. The van der Waals surface area contributed by atoms with Gasteiger partial charge in [-0.2, -0.15) is 12.7 Å². The fourth-order valence-electron chi connectivity index (χ4n) is 2.12. The van der Waals surface area contributed by atoms with E-state index in [1.807, 2.05) is 0 Å². The Kier molecular flexibility index (Phi) is 5.16. The molecule has 11 heteroatoms. The Bertz CT molecular complexity index is 511. The number of likely N-dealkylation sites (tertiary alicyclic amines) is 1. The molecule has 0 spiro atoms. The molecule has 1 atom stereocenters. The molecule has 1 unspecified atom stereocenters. The van der Waals surface area contributed by atoms with E-state index in [1.165, 1.54) is 12.5 Å². The molecule has 20 heavy (non-hydrogen) atoms. The van der Waals surface area contributed by atoms with Gasteiger partial charge < -0.3 is 15.7 Å². The van der Waals surface area contributed by atoms with Crippen LogP contribution in [0.5, 0.6) is 0 Å². The highest BCUT2D eigenvalue weighted by atomic mass is 32.3. The molecule has 0 aliphatic carbocycles. The molecule has 1 fully saturated rings. The summed E-state index contributed by atoms with van der Waals surface area (Å²) in [5, 5.41) is 2.88. The minimum absolute atomic E-state index is 0. The number of hydrogen-bond acceptors (Lipinski definition) is 8. The highest BCUT2D eigenvalue weighted by Gasteiger charge is 2.30. The van der Waals surface area contributed by atoms with Crippen molar-refractivity contribution < 1.29 is 27.5 Å². The molecular weight excluding hydrogens is 290 g/mol. The molecule has 1 saturated heterocycles. The molecule has 2 heterocycles. The summed E-state index contributed by atoms with van der Waals surface area (Å²) < 4.78 is 35.0. The predicted octanol–water partition coefficient (Wildman–Crippen LogP) is -1.91. The van der Waals surface area contributed by atoms with Crippen molar-refractivity contribution in [2.45, 2.75) is 25.6 Å². The van der Waals surface area contributed by atoms with Gasteiger partial charge in [-0.1, -0.05) is 0 Å². The first-order valence-electron chi connectivity index (χ1n) is 5.94. The quantitative estimate of drug-likeness (QED) is 0.344. The Morgan fingerprint density at radius 2 is 2.00 bits per heavy atom. The molecular formula is C9H19N5O5S. The average molecular weight is 309 g/mol. The van der Waals surface area contributed by atoms with Crippen molar-refractivity contribution in [3.8, 4) is 0 Å². The SMILES string of the molecule is NC1=[N+](OS(=O)(=O)O)C(N)NC(N2CCCCC2)=C1.[OH-]. The summed E-state index contributed by atoms with van der Waals surface area (Å²) in [6.45, 7) is 1.77. The van der Waals surface area contributed by atoms with Gasteiger partial charge in [0, 0.05) is 13.1 Å². The molecule has 0 radical (unpaired) electrons. The fourth-order valence-corrected chi connectivity index (χ4v) is 2.51. The number of amidine groups is 1. The second kappa shape index (κ2) is 6.26. The predicted molar refractivity (Wildman–Crippen MR) is 68.6 cm³/mol. The Morgan fingerprint density at radius 3 is 2.50 bits per heavy atom. The van der Waals surface area contributed by atoms with E-state index in [9.17, 15) is 8.42 Å².